The molecule has 166 valence electrons. The van der Waals surface area contributed by atoms with E-state index in [1.165, 1.54) is 18.7 Å². The van der Waals surface area contributed by atoms with Gasteiger partial charge in [-0.1, -0.05) is 0 Å². The van der Waals surface area contributed by atoms with Crippen LogP contribution in [-0.4, -0.2) is 82.2 Å². The molecule has 1 heterocycles. The Labute approximate surface area is 170 Å². The number of aliphatic hydroxyl groups excluding tert-OH is 1. The number of carbonyl (C=O) groups excluding carboxylic acids is 3. The van der Waals surface area contributed by atoms with Crippen LogP contribution < -0.4 is 22.1 Å². The third kappa shape index (κ3) is 7.26. The van der Waals surface area contributed by atoms with Crippen molar-refractivity contribution in [1.29, 1.82) is 0 Å². The molecular weight excluding hydrogens is 382 g/mol. The number of hydrogen-bond donors (Lipinski definition) is 6. The van der Waals surface area contributed by atoms with Crippen LogP contribution in [-0.2, 0) is 19.2 Å². The fourth-order valence-electron chi connectivity index (χ4n) is 3.19. The van der Waals surface area contributed by atoms with Gasteiger partial charge in [-0.05, 0) is 52.5 Å². The first-order valence-electron chi connectivity index (χ1n) is 9.87. The molecule has 0 bridgehead atoms. The van der Waals surface area contributed by atoms with Crippen LogP contribution in [0.5, 0.6) is 0 Å². The quantitative estimate of drug-likeness (QED) is 0.207. The number of carbonyl (C=O) groups is 4. The van der Waals surface area contributed by atoms with Gasteiger partial charge in [0.25, 0.3) is 0 Å². The molecule has 0 spiro atoms. The Hall–Kier alpha value is -2.24. The van der Waals surface area contributed by atoms with Crippen LogP contribution in [0, 0.1) is 0 Å². The standard InChI is InChI=1S/C18H33N5O6/c1-10(20)15(25)21-12(6-3-4-8-19)17(27)23-9-5-7-13(23)16(26)22-14(11(2)24)18(28)29/h10-14,24H,3-9,19-20H2,1-2H3,(H,21,25)(H,22,26)(H,28,29). The number of amides is 3. The Kier molecular flexibility index (Phi) is 9.99. The first kappa shape index (κ1) is 24.8. The summed E-state index contributed by atoms with van der Waals surface area (Å²) in [5, 5.41) is 23.6. The highest BCUT2D eigenvalue weighted by Crippen LogP contribution is 2.20. The third-order valence-corrected chi connectivity index (χ3v) is 4.86. The lowest BCUT2D eigenvalue weighted by Crippen LogP contribution is -2.57. The highest BCUT2D eigenvalue weighted by Gasteiger charge is 2.39. The van der Waals surface area contributed by atoms with E-state index in [0.29, 0.717) is 45.2 Å². The second kappa shape index (κ2) is 11.7. The van der Waals surface area contributed by atoms with Crippen LogP contribution in [0.4, 0.5) is 0 Å². The molecule has 1 fully saturated rings. The van der Waals surface area contributed by atoms with Crippen LogP contribution in [0.15, 0.2) is 0 Å². The van der Waals surface area contributed by atoms with Gasteiger partial charge in [0, 0.05) is 6.54 Å². The Balaban J connectivity index is 2.91. The fraction of sp³-hybridized carbons (Fsp3) is 0.778. The van der Waals surface area contributed by atoms with Crippen molar-refractivity contribution in [1.82, 2.24) is 15.5 Å². The third-order valence-electron chi connectivity index (χ3n) is 4.86. The van der Waals surface area contributed by atoms with E-state index in [4.69, 9.17) is 16.6 Å². The minimum absolute atomic E-state index is 0.310. The number of nitrogens with one attached hydrogen (secondary N) is 2. The second-order valence-electron chi connectivity index (χ2n) is 7.39. The van der Waals surface area contributed by atoms with Gasteiger partial charge in [-0.2, -0.15) is 0 Å². The summed E-state index contributed by atoms with van der Waals surface area (Å²) >= 11 is 0. The average Bonchev–Trinajstić information content (AvgIpc) is 3.13. The number of carboxylic acid groups (broad SMARTS) is 1. The Bertz CT molecular complexity index is 597. The van der Waals surface area contributed by atoms with Crippen molar-refractivity contribution in [2.75, 3.05) is 13.1 Å². The van der Waals surface area contributed by atoms with Crippen LogP contribution in [0.3, 0.4) is 0 Å². The van der Waals surface area contributed by atoms with E-state index in [1.54, 1.807) is 0 Å². The number of carboxylic acids is 1. The summed E-state index contributed by atoms with van der Waals surface area (Å²) < 4.78 is 0. The highest BCUT2D eigenvalue weighted by molar-refractivity contribution is 5.94. The zero-order valence-corrected chi connectivity index (χ0v) is 17.0. The number of likely N-dealkylation sites (tertiary alicyclic amines) is 1. The first-order valence-corrected chi connectivity index (χ1v) is 9.87. The normalized spacial score (nSPS) is 20.4. The summed E-state index contributed by atoms with van der Waals surface area (Å²) in [5.41, 5.74) is 11.1. The second-order valence-corrected chi connectivity index (χ2v) is 7.39. The van der Waals surface area contributed by atoms with E-state index < -0.39 is 54.0 Å². The molecule has 8 N–H and O–H groups in total. The molecule has 11 nitrogen and oxygen atoms in total. The lowest BCUT2D eigenvalue weighted by Gasteiger charge is -2.30. The smallest absolute Gasteiger partial charge is 0.328 e. The number of unbranched alkanes of at least 4 members (excludes halogenated alkanes) is 1. The molecule has 29 heavy (non-hydrogen) atoms. The number of rotatable bonds is 11. The van der Waals surface area contributed by atoms with Crippen molar-refractivity contribution >= 4 is 23.7 Å². The first-order chi connectivity index (χ1) is 13.6. The van der Waals surface area contributed by atoms with E-state index in [2.05, 4.69) is 10.6 Å². The zero-order chi connectivity index (χ0) is 22.1. The molecule has 11 heteroatoms. The molecular formula is C18H33N5O6. The molecule has 0 aromatic carbocycles. The summed E-state index contributed by atoms with van der Waals surface area (Å²) in [6, 6.07) is -3.98. The van der Waals surface area contributed by atoms with Crippen molar-refractivity contribution < 1.29 is 29.4 Å². The molecule has 0 aromatic heterocycles. The molecule has 5 unspecified atom stereocenters. The largest absolute Gasteiger partial charge is 0.480 e. The predicted octanol–water partition coefficient (Wildman–Crippen LogP) is -2.11. The number of aliphatic carboxylic acids is 1. The van der Waals surface area contributed by atoms with Crippen molar-refractivity contribution in [3.63, 3.8) is 0 Å². The molecule has 1 saturated heterocycles. The Morgan fingerprint density at radius 2 is 1.83 bits per heavy atom. The lowest BCUT2D eigenvalue weighted by atomic mass is 10.1. The molecule has 0 aliphatic carbocycles. The van der Waals surface area contributed by atoms with Crippen LogP contribution in [0.2, 0.25) is 0 Å². The molecule has 0 saturated carbocycles. The summed E-state index contributed by atoms with van der Waals surface area (Å²) in [7, 11) is 0. The van der Waals surface area contributed by atoms with E-state index in [-0.39, 0.29) is 0 Å². The van der Waals surface area contributed by atoms with Gasteiger partial charge in [-0.25, -0.2) is 4.79 Å². The Morgan fingerprint density at radius 3 is 2.34 bits per heavy atom. The summed E-state index contributed by atoms with van der Waals surface area (Å²) in [6.07, 6.45) is 1.27. The van der Waals surface area contributed by atoms with E-state index in [0.717, 1.165) is 0 Å². The number of nitrogens with zero attached hydrogens (tertiary/aromatic N) is 1. The van der Waals surface area contributed by atoms with Crippen molar-refractivity contribution in [3.8, 4) is 0 Å². The van der Waals surface area contributed by atoms with Gasteiger partial charge < -0.3 is 37.2 Å². The molecule has 5 atom stereocenters. The maximum atomic E-state index is 13.1. The molecule has 0 radical (unpaired) electrons. The van der Waals surface area contributed by atoms with Gasteiger partial charge in [0.15, 0.2) is 6.04 Å². The summed E-state index contributed by atoms with van der Waals surface area (Å²) in [6.45, 7) is 3.52. The monoisotopic (exact) mass is 415 g/mol. The van der Waals surface area contributed by atoms with Gasteiger partial charge in [0.1, 0.15) is 12.1 Å². The maximum absolute atomic E-state index is 13.1. The van der Waals surface area contributed by atoms with E-state index in [1.807, 2.05) is 0 Å². The van der Waals surface area contributed by atoms with E-state index in [9.17, 15) is 24.3 Å². The van der Waals surface area contributed by atoms with Crippen molar-refractivity contribution in [2.24, 2.45) is 11.5 Å². The van der Waals surface area contributed by atoms with Gasteiger partial charge in [-0.3, -0.25) is 14.4 Å². The highest BCUT2D eigenvalue weighted by atomic mass is 16.4. The molecule has 3 amide bonds. The molecule has 1 aliphatic rings. The van der Waals surface area contributed by atoms with Gasteiger partial charge >= 0.3 is 5.97 Å². The predicted molar refractivity (Wildman–Crippen MR) is 104 cm³/mol. The van der Waals surface area contributed by atoms with Gasteiger partial charge in [0.2, 0.25) is 17.7 Å². The number of hydrogen-bond acceptors (Lipinski definition) is 7. The maximum Gasteiger partial charge on any atom is 0.328 e. The molecule has 0 aromatic rings. The number of nitrogens with two attached hydrogens (primary N) is 2. The van der Waals surface area contributed by atoms with Crippen LogP contribution in [0.1, 0.15) is 46.0 Å². The molecule has 1 aliphatic heterocycles. The van der Waals surface area contributed by atoms with Crippen LogP contribution >= 0.6 is 0 Å². The minimum Gasteiger partial charge on any atom is -0.480 e. The topological polar surface area (TPSA) is 188 Å². The minimum atomic E-state index is -1.47. The Morgan fingerprint density at radius 1 is 1.17 bits per heavy atom. The molecule has 1 rings (SSSR count). The summed E-state index contributed by atoms with van der Waals surface area (Å²) in [4.78, 5) is 50.2. The number of aliphatic hydroxyl groups is 1. The zero-order valence-electron chi connectivity index (χ0n) is 17.0. The average molecular weight is 415 g/mol. The lowest BCUT2D eigenvalue weighted by molar-refractivity contribution is -0.147. The summed E-state index contributed by atoms with van der Waals surface area (Å²) in [5.74, 6) is -2.91. The van der Waals surface area contributed by atoms with Crippen LogP contribution in [0.25, 0.3) is 0 Å². The van der Waals surface area contributed by atoms with Gasteiger partial charge in [0.05, 0.1) is 12.1 Å². The van der Waals surface area contributed by atoms with Crippen molar-refractivity contribution in [2.45, 2.75) is 76.2 Å². The van der Waals surface area contributed by atoms with Gasteiger partial charge in [-0.15, -0.1) is 0 Å². The van der Waals surface area contributed by atoms with E-state index >= 15 is 0 Å². The van der Waals surface area contributed by atoms with Crippen molar-refractivity contribution in [3.05, 3.63) is 0 Å². The fourth-order valence-corrected chi connectivity index (χ4v) is 3.19. The SMILES string of the molecule is CC(N)C(=O)NC(CCCCN)C(=O)N1CCCC1C(=O)NC(C(=O)O)C(C)O.